The lowest BCUT2D eigenvalue weighted by atomic mass is 10.1. The van der Waals surface area contributed by atoms with Crippen LogP contribution in [-0.2, 0) is 11.8 Å². The van der Waals surface area contributed by atoms with Gasteiger partial charge < -0.3 is 5.01 Å². The van der Waals surface area contributed by atoms with E-state index in [2.05, 4.69) is 10.2 Å². The smallest absolute Gasteiger partial charge is 0.170 e. The Labute approximate surface area is 112 Å². The molecule has 0 saturated carbocycles. The normalized spacial score (nSPS) is 11.4. The van der Waals surface area contributed by atoms with Crippen LogP contribution in [0.5, 0.6) is 0 Å². The van der Waals surface area contributed by atoms with Gasteiger partial charge in [0.15, 0.2) is 6.29 Å². The fourth-order valence-electron chi connectivity index (χ4n) is 1.84. The van der Waals surface area contributed by atoms with Gasteiger partial charge in [0.2, 0.25) is 0 Å². The average Bonchev–Trinajstić information content (AvgIpc) is 2.79. The van der Waals surface area contributed by atoms with Gasteiger partial charge in [0.1, 0.15) is 11.4 Å². The van der Waals surface area contributed by atoms with Crippen LogP contribution in [0.2, 0.25) is 0 Å². The molecule has 5 heteroatoms. The maximum Gasteiger partial charge on any atom is 0.170 e. The number of nitrogens with zero attached hydrogens (tertiary/aromatic N) is 4. The minimum atomic E-state index is 0.372. The van der Waals surface area contributed by atoms with E-state index < -0.39 is 0 Å². The van der Waals surface area contributed by atoms with Crippen molar-refractivity contribution in [3.8, 4) is 11.3 Å². The lowest BCUT2D eigenvalue weighted by Crippen LogP contribution is -2.11. The molecule has 0 radical (unpaired) electrons. The lowest BCUT2D eigenvalue weighted by Gasteiger charge is -2.06. The van der Waals surface area contributed by atoms with Crippen molar-refractivity contribution in [2.45, 2.75) is 0 Å². The van der Waals surface area contributed by atoms with Crippen molar-refractivity contribution in [2.24, 2.45) is 12.1 Å². The summed E-state index contributed by atoms with van der Waals surface area (Å²) in [6.07, 6.45) is 2.56. The monoisotopic (exact) mass is 256 g/mol. The summed E-state index contributed by atoms with van der Waals surface area (Å²) in [4.78, 5) is 11.2. The first kappa shape index (κ1) is 13.0. The fourth-order valence-corrected chi connectivity index (χ4v) is 1.84. The molecular weight excluding hydrogens is 240 g/mol. The van der Waals surface area contributed by atoms with Gasteiger partial charge in [-0.05, 0) is 0 Å². The summed E-state index contributed by atoms with van der Waals surface area (Å²) in [7, 11) is 5.39. The number of hydrazone groups is 1. The van der Waals surface area contributed by atoms with Gasteiger partial charge in [0.05, 0.1) is 5.56 Å². The van der Waals surface area contributed by atoms with Crippen LogP contribution < -0.4 is 0 Å². The number of carbonyl (C=O) groups is 1. The molecule has 5 nitrogen and oxygen atoms in total. The zero-order valence-corrected chi connectivity index (χ0v) is 11.2. The number of carbonyl (C=O) groups excluding carboxylic acids is 1. The van der Waals surface area contributed by atoms with E-state index in [1.807, 2.05) is 37.4 Å². The van der Waals surface area contributed by atoms with Gasteiger partial charge in [-0.25, -0.2) is 0 Å². The highest BCUT2D eigenvalue weighted by Gasteiger charge is 2.15. The van der Waals surface area contributed by atoms with Crippen molar-refractivity contribution < 1.29 is 4.79 Å². The highest BCUT2D eigenvalue weighted by Crippen LogP contribution is 2.21. The van der Waals surface area contributed by atoms with Crippen LogP contribution in [0.1, 0.15) is 5.56 Å². The molecule has 2 rings (SSSR count). The standard InChI is InChI=1S/C14H16N4O/c1-17(2)15-13(10-19)12-9-18(3)16-14(12)11-7-5-4-6-8-11/h4-10H,1-3H3/b15-13-. The molecule has 2 aromatic rings. The number of aromatic nitrogens is 2. The van der Waals surface area contributed by atoms with E-state index in [1.165, 1.54) is 0 Å². The van der Waals surface area contributed by atoms with Crippen molar-refractivity contribution in [1.82, 2.24) is 14.8 Å². The van der Waals surface area contributed by atoms with Crippen LogP contribution >= 0.6 is 0 Å². The molecule has 98 valence electrons. The van der Waals surface area contributed by atoms with E-state index in [0.717, 1.165) is 23.1 Å². The number of rotatable bonds is 4. The van der Waals surface area contributed by atoms with Crippen molar-refractivity contribution in [2.75, 3.05) is 14.1 Å². The predicted octanol–water partition coefficient (Wildman–Crippen LogP) is 1.55. The Morgan fingerprint density at radius 1 is 1.32 bits per heavy atom. The molecule has 1 aromatic heterocycles. The maximum absolute atomic E-state index is 11.2. The molecule has 0 fully saturated rings. The second kappa shape index (κ2) is 5.48. The van der Waals surface area contributed by atoms with E-state index in [4.69, 9.17) is 0 Å². The number of hydrogen-bond acceptors (Lipinski definition) is 4. The Morgan fingerprint density at radius 2 is 2.00 bits per heavy atom. The maximum atomic E-state index is 11.2. The molecule has 0 amide bonds. The zero-order chi connectivity index (χ0) is 13.8. The molecule has 0 bridgehead atoms. The summed E-state index contributed by atoms with van der Waals surface area (Å²) in [6, 6.07) is 9.75. The summed E-state index contributed by atoms with van der Waals surface area (Å²) in [6.45, 7) is 0. The summed E-state index contributed by atoms with van der Waals surface area (Å²) in [5, 5.41) is 10.2. The second-order valence-electron chi connectivity index (χ2n) is 4.38. The SMILES string of the molecule is CN(C)/N=C(/C=O)c1cn(C)nc1-c1ccccc1. The summed E-state index contributed by atoms with van der Waals surface area (Å²) in [5.41, 5.74) is 2.83. The number of benzene rings is 1. The molecule has 0 atom stereocenters. The van der Waals surface area contributed by atoms with Crippen LogP contribution in [0.3, 0.4) is 0 Å². The third-order valence-corrected chi connectivity index (χ3v) is 2.57. The first-order valence-corrected chi connectivity index (χ1v) is 5.92. The van der Waals surface area contributed by atoms with Crippen LogP contribution in [-0.4, -0.2) is 40.9 Å². The van der Waals surface area contributed by atoms with Crippen molar-refractivity contribution >= 4 is 12.0 Å². The van der Waals surface area contributed by atoms with Crippen molar-refractivity contribution in [3.63, 3.8) is 0 Å². The largest absolute Gasteiger partial charge is 0.302 e. The molecule has 0 spiro atoms. The van der Waals surface area contributed by atoms with Crippen LogP contribution in [0.15, 0.2) is 41.6 Å². The molecule has 1 heterocycles. The van der Waals surface area contributed by atoms with E-state index in [-0.39, 0.29) is 0 Å². The van der Waals surface area contributed by atoms with Crippen LogP contribution in [0.4, 0.5) is 0 Å². The third-order valence-electron chi connectivity index (χ3n) is 2.57. The molecule has 0 aliphatic heterocycles. The van der Waals surface area contributed by atoms with Crippen LogP contribution in [0.25, 0.3) is 11.3 Å². The van der Waals surface area contributed by atoms with E-state index in [1.54, 1.807) is 30.0 Å². The fraction of sp³-hybridized carbons (Fsp3) is 0.214. The predicted molar refractivity (Wildman–Crippen MR) is 74.9 cm³/mol. The van der Waals surface area contributed by atoms with Gasteiger partial charge >= 0.3 is 0 Å². The van der Waals surface area contributed by atoms with Crippen molar-refractivity contribution in [1.29, 1.82) is 0 Å². The van der Waals surface area contributed by atoms with Crippen LogP contribution in [0, 0.1) is 0 Å². The highest BCUT2D eigenvalue weighted by atomic mass is 16.1. The van der Waals surface area contributed by atoms with Gasteiger partial charge in [-0.15, -0.1) is 0 Å². The summed E-state index contributed by atoms with van der Waals surface area (Å²) >= 11 is 0. The second-order valence-corrected chi connectivity index (χ2v) is 4.38. The minimum Gasteiger partial charge on any atom is -0.302 e. The Morgan fingerprint density at radius 3 is 2.58 bits per heavy atom. The Hall–Kier alpha value is -2.43. The minimum absolute atomic E-state index is 0.372. The van der Waals surface area contributed by atoms with Gasteiger partial charge in [-0.3, -0.25) is 9.48 Å². The molecule has 1 aromatic carbocycles. The van der Waals surface area contributed by atoms with Crippen molar-refractivity contribution in [3.05, 3.63) is 42.1 Å². The molecule has 19 heavy (non-hydrogen) atoms. The van der Waals surface area contributed by atoms with Gasteiger partial charge in [-0.1, -0.05) is 30.3 Å². The Bertz CT molecular complexity index is 599. The highest BCUT2D eigenvalue weighted by molar-refractivity contribution is 6.37. The third kappa shape index (κ3) is 2.88. The molecule has 0 aliphatic rings. The van der Waals surface area contributed by atoms with Gasteiger partial charge in [0.25, 0.3) is 0 Å². The molecule has 0 saturated heterocycles. The van der Waals surface area contributed by atoms with Gasteiger partial charge in [0, 0.05) is 32.9 Å². The van der Waals surface area contributed by atoms with E-state index in [9.17, 15) is 4.79 Å². The molecule has 0 aliphatic carbocycles. The Kier molecular flexibility index (Phi) is 3.75. The number of aldehydes is 1. The van der Waals surface area contributed by atoms with E-state index >= 15 is 0 Å². The zero-order valence-electron chi connectivity index (χ0n) is 11.2. The first-order valence-electron chi connectivity index (χ1n) is 5.92. The van der Waals surface area contributed by atoms with E-state index in [0.29, 0.717) is 5.71 Å². The summed E-state index contributed by atoms with van der Waals surface area (Å²) in [5.74, 6) is 0. The molecule has 0 N–H and O–H groups in total. The molecule has 0 unspecified atom stereocenters. The topological polar surface area (TPSA) is 50.5 Å². The number of aryl methyl sites for hydroxylation is 1. The molecular formula is C14H16N4O. The summed E-state index contributed by atoms with van der Waals surface area (Å²) < 4.78 is 1.69. The number of hydrogen-bond donors (Lipinski definition) is 0. The first-order chi connectivity index (χ1) is 9.11. The van der Waals surface area contributed by atoms with Gasteiger partial charge in [-0.2, -0.15) is 10.2 Å². The lowest BCUT2D eigenvalue weighted by molar-refractivity contribution is -0.102. The Balaban J connectivity index is 2.56. The average molecular weight is 256 g/mol. The quantitative estimate of drug-likeness (QED) is 0.474.